The average molecular weight is 313 g/mol. The van der Waals surface area contributed by atoms with Crippen LogP contribution in [0.15, 0.2) is 38.7 Å². The van der Waals surface area contributed by atoms with Crippen LogP contribution in [0.3, 0.4) is 0 Å². The summed E-state index contributed by atoms with van der Waals surface area (Å²) in [4.78, 5) is 0.693. The van der Waals surface area contributed by atoms with E-state index in [1.54, 1.807) is 20.1 Å². The molecule has 114 valence electrons. The van der Waals surface area contributed by atoms with Gasteiger partial charge < -0.3 is 14.5 Å². The van der Waals surface area contributed by atoms with Crippen LogP contribution in [-0.4, -0.2) is 20.3 Å². The molecule has 0 unspecified atom stereocenters. The Morgan fingerprint density at radius 2 is 2.00 bits per heavy atom. The first-order valence-corrected chi connectivity index (χ1v) is 7.33. The summed E-state index contributed by atoms with van der Waals surface area (Å²) in [5.41, 5.74) is 0.564. The fraction of sp³-hybridized carbons (Fsp3) is 0.333. The number of rotatable bonds is 7. The molecule has 0 bridgehead atoms. The Labute approximate surface area is 126 Å². The summed E-state index contributed by atoms with van der Waals surface area (Å²) >= 11 is 1.03. The summed E-state index contributed by atoms with van der Waals surface area (Å²) in [5.74, 6) is -0.489. The predicted octanol–water partition coefficient (Wildman–Crippen LogP) is 3.75. The molecule has 0 spiro atoms. The van der Waals surface area contributed by atoms with Crippen LogP contribution in [0.2, 0.25) is 0 Å². The maximum Gasteiger partial charge on any atom is 0.140 e. The Bertz CT molecular complexity index is 578. The number of furan rings is 1. The van der Waals surface area contributed by atoms with E-state index in [2.05, 4.69) is 5.32 Å². The summed E-state index contributed by atoms with van der Waals surface area (Å²) in [6.07, 6.45) is 1.50. The van der Waals surface area contributed by atoms with E-state index in [0.29, 0.717) is 35.9 Å². The minimum Gasteiger partial charge on any atom is -0.468 e. The normalized spacial score (nSPS) is 11.0. The van der Waals surface area contributed by atoms with Gasteiger partial charge in [-0.15, -0.1) is 0 Å². The molecule has 1 N–H and O–H groups in total. The van der Waals surface area contributed by atoms with Crippen molar-refractivity contribution < 1.29 is 17.9 Å². The highest BCUT2D eigenvalue weighted by Crippen LogP contribution is 2.34. The van der Waals surface area contributed by atoms with Crippen LogP contribution in [0.1, 0.15) is 11.3 Å². The number of methoxy groups -OCH3 is 1. The molecule has 0 saturated carbocycles. The van der Waals surface area contributed by atoms with E-state index < -0.39 is 11.6 Å². The number of ether oxygens (including phenoxy) is 1. The van der Waals surface area contributed by atoms with E-state index in [4.69, 9.17) is 9.15 Å². The summed E-state index contributed by atoms with van der Waals surface area (Å²) < 4.78 is 38.2. The molecule has 21 heavy (non-hydrogen) atoms. The second-order valence-corrected chi connectivity index (χ2v) is 5.55. The van der Waals surface area contributed by atoms with Gasteiger partial charge in [-0.3, -0.25) is 0 Å². The molecule has 0 radical (unpaired) electrons. The Hall–Kier alpha value is -1.37. The quantitative estimate of drug-likeness (QED) is 0.789. The van der Waals surface area contributed by atoms with Gasteiger partial charge in [0.2, 0.25) is 0 Å². The van der Waals surface area contributed by atoms with Crippen LogP contribution in [-0.2, 0) is 11.3 Å². The molecule has 0 aliphatic rings. The molecular weight excluding hydrogens is 296 g/mol. The molecule has 0 fully saturated rings. The summed E-state index contributed by atoms with van der Waals surface area (Å²) in [6.45, 7) is 3.34. The molecule has 0 amide bonds. The number of aryl methyl sites for hydroxylation is 1. The fourth-order valence-corrected chi connectivity index (χ4v) is 2.66. The van der Waals surface area contributed by atoms with Crippen molar-refractivity contribution in [2.75, 3.05) is 20.3 Å². The number of hydrogen-bond donors (Lipinski definition) is 1. The van der Waals surface area contributed by atoms with Gasteiger partial charge in [0.05, 0.1) is 22.7 Å². The van der Waals surface area contributed by atoms with E-state index >= 15 is 0 Å². The zero-order valence-electron chi connectivity index (χ0n) is 11.9. The van der Waals surface area contributed by atoms with Crippen LogP contribution in [0.25, 0.3) is 0 Å². The van der Waals surface area contributed by atoms with Crippen molar-refractivity contribution in [1.29, 1.82) is 0 Å². The smallest absolute Gasteiger partial charge is 0.140 e. The van der Waals surface area contributed by atoms with E-state index in [-0.39, 0.29) is 4.90 Å². The second-order valence-electron chi connectivity index (χ2n) is 4.50. The minimum atomic E-state index is -0.566. The van der Waals surface area contributed by atoms with Gasteiger partial charge in [-0.25, -0.2) is 8.78 Å². The Kier molecular flexibility index (Phi) is 5.78. The summed E-state index contributed by atoms with van der Waals surface area (Å²) in [7, 11) is 1.60. The van der Waals surface area contributed by atoms with Gasteiger partial charge >= 0.3 is 0 Å². The second kappa shape index (κ2) is 7.59. The highest BCUT2D eigenvalue weighted by molar-refractivity contribution is 7.99. The highest BCUT2D eigenvalue weighted by atomic mass is 32.2. The number of nitrogens with one attached hydrogen (secondary N) is 1. The van der Waals surface area contributed by atoms with Crippen molar-refractivity contribution in [3.05, 3.63) is 47.4 Å². The highest BCUT2D eigenvalue weighted by Gasteiger charge is 2.14. The van der Waals surface area contributed by atoms with Crippen LogP contribution in [0.4, 0.5) is 8.78 Å². The lowest BCUT2D eigenvalue weighted by Gasteiger charge is -2.08. The molecule has 3 nitrogen and oxygen atoms in total. The van der Waals surface area contributed by atoms with Gasteiger partial charge in [0, 0.05) is 20.2 Å². The van der Waals surface area contributed by atoms with E-state index in [1.165, 1.54) is 18.4 Å². The van der Waals surface area contributed by atoms with Gasteiger partial charge in [-0.1, -0.05) is 11.8 Å². The first-order chi connectivity index (χ1) is 10.1. The first-order valence-electron chi connectivity index (χ1n) is 6.51. The standard InChI is InChI=1S/C15H17F2NO2S/c1-10-14(3-5-20-10)21-15-12(16)7-11(8-13(15)17)9-18-4-6-19-2/h3,5,7-8,18H,4,6,9H2,1-2H3. The van der Waals surface area contributed by atoms with E-state index in [9.17, 15) is 8.78 Å². The molecule has 2 aromatic rings. The molecule has 1 aromatic carbocycles. The van der Waals surface area contributed by atoms with Gasteiger partial charge in [0.1, 0.15) is 17.4 Å². The zero-order chi connectivity index (χ0) is 15.2. The third-order valence-electron chi connectivity index (χ3n) is 2.89. The van der Waals surface area contributed by atoms with Gasteiger partial charge in [0.25, 0.3) is 0 Å². The zero-order valence-corrected chi connectivity index (χ0v) is 12.7. The lowest BCUT2D eigenvalue weighted by atomic mass is 10.2. The van der Waals surface area contributed by atoms with Crippen LogP contribution < -0.4 is 5.32 Å². The number of benzene rings is 1. The SMILES string of the molecule is COCCNCc1cc(F)c(Sc2ccoc2C)c(F)c1. The first kappa shape index (κ1) is 16.0. The third-order valence-corrected chi connectivity index (χ3v) is 4.13. The molecule has 6 heteroatoms. The summed E-state index contributed by atoms with van der Waals surface area (Å²) in [5, 5.41) is 3.05. The van der Waals surface area contributed by atoms with Crippen molar-refractivity contribution in [3.8, 4) is 0 Å². The lowest BCUT2D eigenvalue weighted by molar-refractivity contribution is 0.199. The maximum absolute atomic E-state index is 14.1. The molecule has 0 aliphatic carbocycles. The molecule has 0 atom stereocenters. The summed E-state index contributed by atoms with van der Waals surface area (Å²) in [6, 6.07) is 4.39. The van der Waals surface area contributed by atoms with Crippen molar-refractivity contribution in [2.24, 2.45) is 0 Å². The van der Waals surface area contributed by atoms with Crippen LogP contribution in [0.5, 0.6) is 0 Å². The van der Waals surface area contributed by atoms with Gasteiger partial charge in [-0.05, 0) is 30.7 Å². The molecule has 1 aromatic heterocycles. The predicted molar refractivity (Wildman–Crippen MR) is 77.5 cm³/mol. The lowest BCUT2D eigenvalue weighted by Crippen LogP contribution is -2.18. The molecular formula is C15H17F2NO2S. The fourth-order valence-electron chi connectivity index (χ4n) is 1.81. The van der Waals surface area contributed by atoms with Crippen molar-refractivity contribution in [2.45, 2.75) is 23.3 Å². The number of halogens is 2. The van der Waals surface area contributed by atoms with Crippen molar-refractivity contribution in [1.82, 2.24) is 5.32 Å². The molecule has 0 saturated heterocycles. The van der Waals surface area contributed by atoms with E-state index in [0.717, 1.165) is 11.8 Å². The average Bonchev–Trinajstić information content (AvgIpc) is 2.84. The largest absolute Gasteiger partial charge is 0.468 e. The van der Waals surface area contributed by atoms with Crippen LogP contribution in [0, 0.1) is 18.6 Å². The number of hydrogen-bond acceptors (Lipinski definition) is 4. The Balaban J connectivity index is 2.08. The van der Waals surface area contributed by atoms with Crippen LogP contribution >= 0.6 is 11.8 Å². The van der Waals surface area contributed by atoms with Gasteiger partial charge in [-0.2, -0.15) is 0 Å². The molecule has 1 heterocycles. The van der Waals surface area contributed by atoms with Crippen molar-refractivity contribution in [3.63, 3.8) is 0 Å². The maximum atomic E-state index is 14.1. The Morgan fingerprint density at radius 3 is 2.57 bits per heavy atom. The minimum absolute atomic E-state index is 0.0138. The molecule has 2 rings (SSSR count). The van der Waals surface area contributed by atoms with Gasteiger partial charge in [0.15, 0.2) is 0 Å². The van der Waals surface area contributed by atoms with E-state index in [1.807, 2.05) is 0 Å². The molecule has 0 aliphatic heterocycles. The third kappa shape index (κ3) is 4.30. The topological polar surface area (TPSA) is 34.4 Å². The Morgan fingerprint density at radius 1 is 1.29 bits per heavy atom. The van der Waals surface area contributed by atoms with Crippen molar-refractivity contribution >= 4 is 11.8 Å². The monoisotopic (exact) mass is 313 g/mol.